The highest BCUT2D eigenvalue weighted by Gasteiger charge is 2.25. The van der Waals surface area contributed by atoms with Gasteiger partial charge in [0, 0.05) is 45.2 Å². The lowest BCUT2D eigenvalue weighted by Crippen LogP contribution is -2.40. The van der Waals surface area contributed by atoms with Gasteiger partial charge in [-0.15, -0.1) is 0 Å². The van der Waals surface area contributed by atoms with Gasteiger partial charge < -0.3 is 20.0 Å². The lowest BCUT2D eigenvalue weighted by Gasteiger charge is -2.32. The number of anilines is 2. The smallest absolute Gasteiger partial charge is 0.251 e. The van der Waals surface area contributed by atoms with Crippen LogP contribution in [0.15, 0.2) is 48.5 Å². The summed E-state index contributed by atoms with van der Waals surface area (Å²) in [4.78, 5) is 31.7. The van der Waals surface area contributed by atoms with Crippen LogP contribution in [0.25, 0.3) is 0 Å². The quantitative estimate of drug-likeness (QED) is 0.645. The number of likely N-dealkylation sites (tertiary alicyclic amines) is 1. The third-order valence-corrected chi connectivity index (χ3v) is 7.19. The normalized spacial score (nSPS) is 17.4. The van der Waals surface area contributed by atoms with Gasteiger partial charge in [0.1, 0.15) is 0 Å². The number of rotatable bonds is 8. The van der Waals surface area contributed by atoms with Gasteiger partial charge in [-0.1, -0.05) is 37.3 Å². The topological polar surface area (TPSA) is 55.9 Å². The first-order valence-electron chi connectivity index (χ1n) is 12.7. The standard InChI is InChI=1S/C28H38N4O2/c1-3-15-32-18-13-27(33)30(2)26-21-24(9-10-25(26)32)28(34)29-14-19-31-16-11-23(12-17-31)20-22-7-5-4-6-8-22/h4-10,21,23H,3,11-20H2,1-2H3,(H,29,34). The van der Waals surface area contributed by atoms with Crippen LogP contribution < -0.4 is 15.1 Å². The maximum Gasteiger partial charge on any atom is 0.251 e. The molecule has 0 aliphatic carbocycles. The first kappa shape index (κ1) is 24.3. The lowest BCUT2D eigenvalue weighted by atomic mass is 9.90. The Balaban J connectivity index is 1.27. The molecule has 2 amide bonds. The van der Waals surface area contributed by atoms with Crippen LogP contribution in [0, 0.1) is 5.92 Å². The van der Waals surface area contributed by atoms with E-state index in [2.05, 4.69) is 52.4 Å². The molecule has 2 aliphatic heterocycles. The van der Waals surface area contributed by atoms with Gasteiger partial charge in [-0.05, 0) is 68.5 Å². The molecule has 1 fully saturated rings. The minimum Gasteiger partial charge on any atom is -0.369 e. The van der Waals surface area contributed by atoms with Crippen LogP contribution in [0.3, 0.4) is 0 Å². The second-order valence-electron chi connectivity index (χ2n) is 9.62. The van der Waals surface area contributed by atoms with Gasteiger partial charge in [0.05, 0.1) is 11.4 Å². The van der Waals surface area contributed by atoms with Crippen LogP contribution in [0.4, 0.5) is 11.4 Å². The second-order valence-corrected chi connectivity index (χ2v) is 9.62. The lowest BCUT2D eigenvalue weighted by molar-refractivity contribution is -0.118. The van der Waals surface area contributed by atoms with Gasteiger partial charge in [0.2, 0.25) is 5.91 Å². The number of hydrogen-bond acceptors (Lipinski definition) is 4. The maximum absolute atomic E-state index is 12.9. The first-order valence-corrected chi connectivity index (χ1v) is 12.7. The summed E-state index contributed by atoms with van der Waals surface area (Å²) in [6, 6.07) is 16.5. The van der Waals surface area contributed by atoms with E-state index in [0.717, 1.165) is 62.9 Å². The number of amides is 2. The molecule has 2 aromatic rings. The molecule has 0 unspecified atom stereocenters. The average Bonchev–Trinajstić information content (AvgIpc) is 2.98. The molecular weight excluding hydrogens is 424 g/mol. The largest absolute Gasteiger partial charge is 0.369 e. The number of hydrogen-bond donors (Lipinski definition) is 1. The molecule has 0 aromatic heterocycles. The molecule has 4 rings (SSSR count). The highest BCUT2D eigenvalue weighted by Crippen LogP contribution is 2.33. The second kappa shape index (κ2) is 11.5. The Morgan fingerprint density at radius 2 is 1.76 bits per heavy atom. The monoisotopic (exact) mass is 462 g/mol. The fraction of sp³-hybridized carbons (Fsp3) is 0.500. The minimum atomic E-state index is -0.0751. The van der Waals surface area contributed by atoms with Crippen LogP contribution in [0.1, 0.15) is 48.5 Å². The zero-order chi connectivity index (χ0) is 23.9. The van der Waals surface area contributed by atoms with Gasteiger partial charge in [-0.3, -0.25) is 9.59 Å². The molecule has 6 heteroatoms. The summed E-state index contributed by atoms with van der Waals surface area (Å²) >= 11 is 0. The summed E-state index contributed by atoms with van der Waals surface area (Å²) in [7, 11) is 1.81. The zero-order valence-corrected chi connectivity index (χ0v) is 20.6. The molecule has 182 valence electrons. The number of nitrogens with zero attached hydrogens (tertiary/aromatic N) is 3. The molecule has 0 atom stereocenters. The van der Waals surface area contributed by atoms with Crippen molar-refractivity contribution in [3.05, 3.63) is 59.7 Å². The number of fused-ring (bicyclic) bond motifs is 1. The van der Waals surface area contributed by atoms with Gasteiger partial charge in [0.15, 0.2) is 0 Å². The summed E-state index contributed by atoms with van der Waals surface area (Å²) in [5, 5.41) is 3.08. The number of carbonyl (C=O) groups is 2. The van der Waals surface area contributed by atoms with Gasteiger partial charge in [0.25, 0.3) is 5.91 Å². The molecule has 0 bridgehead atoms. The van der Waals surface area contributed by atoms with E-state index in [4.69, 9.17) is 0 Å². The van der Waals surface area contributed by atoms with Gasteiger partial charge in [-0.25, -0.2) is 0 Å². The van der Waals surface area contributed by atoms with Crippen LogP contribution in [0.2, 0.25) is 0 Å². The van der Waals surface area contributed by atoms with Crippen molar-refractivity contribution in [3.63, 3.8) is 0 Å². The summed E-state index contributed by atoms with van der Waals surface area (Å²) in [5.74, 6) is 0.766. The van der Waals surface area contributed by atoms with Gasteiger partial charge in [-0.2, -0.15) is 0 Å². The molecule has 2 aliphatic rings. The molecule has 0 spiro atoms. The first-order chi connectivity index (χ1) is 16.5. The van der Waals surface area contributed by atoms with Gasteiger partial charge >= 0.3 is 0 Å². The number of benzene rings is 2. The van der Waals surface area contributed by atoms with Crippen molar-refractivity contribution in [3.8, 4) is 0 Å². The van der Waals surface area contributed by atoms with Crippen molar-refractivity contribution in [2.45, 2.75) is 39.0 Å². The molecule has 6 nitrogen and oxygen atoms in total. The number of nitrogens with one attached hydrogen (secondary N) is 1. The van der Waals surface area contributed by atoms with E-state index in [9.17, 15) is 9.59 Å². The van der Waals surface area contributed by atoms with Crippen LogP contribution >= 0.6 is 0 Å². The van der Waals surface area contributed by atoms with Crippen LogP contribution in [0.5, 0.6) is 0 Å². The third-order valence-electron chi connectivity index (χ3n) is 7.19. The Labute approximate surface area is 203 Å². The van der Waals surface area contributed by atoms with Crippen LogP contribution in [-0.4, -0.2) is 63.0 Å². The molecule has 0 saturated carbocycles. The predicted molar refractivity (Wildman–Crippen MR) is 139 cm³/mol. The SMILES string of the molecule is CCCN1CCC(=O)N(C)c2cc(C(=O)NCCN3CCC(Cc4ccccc4)CC3)ccc21. The highest BCUT2D eigenvalue weighted by molar-refractivity contribution is 6.02. The molecule has 1 saturated heterocycles. The Hall–Kier alpha value is -2.86. The zero-order valence-electron chi connectivity index (χ0n) is 20.6. The predicted octanol–water partition coefficient (Wildman–Crippen LogP) is 3.95. The fourth-order valence-corrected chi connectivity index (χ4v) is 5.15. The Morgan fingerprint density at radius 3 is 2.50 bits per heavy atom. The molecule has 1 N–H and O–H groups in total. The van der Waals surface area contributed by atoms with Crippen molar-refractivity contribution in [1.29, 1.82) is 0 Å². The summed E-state index contributed by atoms with van der Waals surface area (Å²) in [6.45, 7) is 7.45. The Bertz CT molecular complexity index is 970. The van der Waals surface area contributed by atoms with Crippen molar-refractivity contribution < 1.29 is 9.59 Å². The van der Waals surface area contributed by atoms with Crippen molar-refractivity contribution in [2.75, 3.05) is 56.1 Å². The summed E-state index contributed by atoms with van der Waals surface area (Å²) < 4.78 is 0. The van der Waals surface area contributed by atoms with Crippen molar-refractivity contribution in [1.82, 2.24) is 10.2 Å². The van der Waals surface area contributed by atoms with Crippen molar-refractivity contribution in [2.24, 2.45) is 5.92 Å². The van der Waals surface area contributed by atoms with E-state index in [1.807, 2.05) is 18.2 Å². The highest BCUT2D eigenvalue weighted by atomic mass is 16.2. The summed E-state index contributed by atoms with van der Waals surface area (Å²) in [5.41, 5.74) is 3.90. The van der Waals surface area contributed by atoms with Crippen LogP contribution in [-0.2, 0) is 11.2 Å². The molecule has 34 heavy (non-hydrogen) atoms. The van der Waals surface area contributed by atoms with E-state index >= 15 is 0 Å². The molecular formula is C28H38N4O2. The van der Waals surface area contributed by atoms with E-state index < -0.39 is 0 Å². The minimum absolute atomic E-state index is 0.0751. The Morgan fingerprint density at radius 1 is 1.00 bits per heavy atom. The Kier molecular flexibility index (Phi) is 8.22. The third kappa shape index (κ3) is 5.98. The van der Waals surface area contributed by atoms with E-state index in [-0.39, 0.29) is 11.8 Å². The van der Waals surface area contributed by atoms with E-state index in [1.165, 1.54) is 18.4 Å². The fourth-order valence-electron chi connectivity index (χ4n) is 5.15. The van der Waals surface area contributed by atoms with Crippen molar-refractivity contribution >= 4 is 23.2 Å². The number of carbonyl (C=O) groups excluding carboxylic acids is 2. The molecule has 0 radical (unpaired) electrons. The maximum atomic E-state index is 12.9. The molecule has 2 heterocycles. The van der Waals surface area contributed by atoms with E-state index in [0.29, 0.717) is 18.5 Å². The number of piperidine rings is 1. The summed E-state index contributed by atoms with van der Waals surface area (Å²) in [6.07, 6.45) is 5.10. The average molecular weight is 463 g/mol. The molecule has 2 aromatic carbocycles. The van der Waals surface area contributed by atoms with E-state index in [1.54, 1.807) is 11.9 Å².